The van der Waals surface area contributed by atoms with Gasteiger partial charge in [-0.3, -0.25) is 4.79 Å². The van der Waals surface area contributed by atoms with Crippen LogP contribution >= 0.6 is 34.7 Å². The maximum absolute atomic E-state index is 11.1. The van der Waals surface area contributed by atoms with Crippen LogP contribution in [0.25, 0.3) is 0 Å². The first-order valence-corrected chi connectivity index (χ1v) is 13.4. The van der Waals surface area contributed by atoms with Crippen LogP contribution in [0.5, 0.6) is 11.5 Å². The van der Waals surface area contributed by atoms with Gasteiger partial charge in [0.25, 0.3) is 0 Å². The number of benzene rings is 2. The quantitative estimate of drug-likeness (QED) is 0.403. The highest BCUT2D eigenvalue weighted by Gasteiger charge is 2.52. The summed E-state index contributed by atoms with van der Waals surface area (Å²) in [7, 11) is 4.16. The van der Waals surface area contributed by atoms with Crippen molar-refractivity contribution >= 4 is 45.8 Å². The molecule has 1 saturated carbocycles. The van der Waals surface area contributed by atoms with E-state index in [1.165, 1.54) is 11.3 Å². The van der Waals surface area contributed by atoms with E-state index in [9.17, 15) is 4.79 Å². The third kappa shape index (κ3) is 6.03. The maximum atomic E-state index is 11.1. The fraction of sp³-hybridized carbons (Fsp3) is 0.360. The molecule has 0 radical (unpaired) electrons. The monoisotopic (exact) mass is 533 g/mol. The summed E-state index contributed by atoms with van der Waals surface area (Å²) >= 11 is 9.75. The Labute approximate surface area is 218 Å². The Hall–Kier alpha value is -2.46. The second-order valence-corrected chi connectivity index (χ2v) is 11.3. The lowest BCUT2D eigenvalue weighted by atomic mass is 9.96. The molecule has 2 aromatic carbocycles. The lowest BCUT2D eigenvalue weighted by Crippen LogP contribution is -2.19. The van der Waals surface area contributed by atoms with Crippen molar-refractivity contribution in [2.75, 3.05) is 38.9 Å². The number of anilines is 1. The van der Waals surface area contributed by atoms with E-state index in [1.807, 2.05) is 42.2 Å². The van der Waals surface area contributed by atoms with Gasteiger partial charge in [0, 0.05) is 28.4 Å². The third-order valence-electron chi connectivity index (χ3n) is 5.90. The Kier molecular flexibility index (Phi) is 8.11. The fourth-order valence-corrected chi connectivity index (χ4v) is 6.39. The number of fused-ring (bicyclic) bond motifs is 1. The van der Waals surface area contributed by atoms with Crippen LogP contribution in [0.1, 0.15) is 34.1 Å². The van der Waals surface area contributed by atoms with Gasteiger partial charge in [0.15, 0.2) is 16.6 Å². The SMILES string of the molecule is CN(C)CCSC(c1cnc(N)s1)c1ccccc1Cl.O=C(O)C1(c2ccc3c(c2)OCO3)CC1. The van der Waals surface area contributed by atoms with Gasteiger partial charge in [0.2, 0.25) is 6.79 Å². The van der Waals surface area contributed by atoms with Crippen molar-refractivity contribution in [1.29, 1.82) is 0 Å². The molecule has 1 aliphatic carbocycles. The van der Waals surface area contributed by atoms with Crippen molar-refractivity contribution in [1.82, 2.24) is 9.88 Å². The number of carbonyl (C=O) groups is 1. The number of ether oxygens (including phenoxy) is 2. The van der Waals surface area contributed by atoms with E-state index in [4.69, 9.17) is 31.9 Å². The summed E-state index contributed by atoms with van der Waals surface area (Å²) in [5.41, 5.74) is 7.05. The van der Waals surface area contributed by atoms with E-state index in [-0.39, 0.29) is 12.0 Å². The van der Waals surface area contributed by atoms with Crippen LogP contribution in [0.4, 0.5) is 5.13 Å². The molecule has 186 valence electrons. The molecule has 7 nitrogen and oxygen atoms in total. The minimum atomic E-state index is -0.749. The molecule has 1 aromatic heterocycles. The van der Waals surface area contributed by atoms with Gasteiger partial charge in [-0.2, -0.15) is 0 Å². The zero-order valence-electron chi connectivity index (χ0n) is 19.6. The number of aromatic nitrogens is 1. The molecule has 35 heavy (non-hydrogen) atoms. The lowest BCUT2D eigenvalue weighted by molar-refractivity contribution is -0.140. The summed E-state index contributed by atoms with van der Waals surface area (Å²) in [6, 6.07) is 13.4. The number of thiazole rings is 1. The van der Waals surface area contributed by atoms with Crippen molar-refractivity contribution in [2.24, 2.45) is 0 Å². The number of hydrogen-bond acceptors (Lipinski definition) is 8. The zero-order chi connectivity index (χ0) is 25.0. The highest BCUT2D eigenvalue weighted by atomic mass is 35.5. The van der Waals surface area contributed by atoms with Crippen molar-refractivity contribution in [2.45, 2.75) is 23.5 Å². The van der Waals surface area contributed by atoms with Gasteiger partial charge in [-0.15, -0.1) is 23.1 Å². The minimum Gasteiger partial charge on any atom is -0.481 e. The molecule has 10 heteroatoms. The number of halogens is 1. The number of nitrogen functional groups attached to an aromatic ring is 1. The molecule has 0 spiro atoms. The lowest BCUT2D eigenvalue weighted by Gasteiger charge is -2.18. The normalized spacial score (nSPS) is 15.9. The van der Waals surface area contributed by atoms with Gasteiger partial charge in [-0.05, 0) is 56.3 Å². The van der Waals surface area contributed by atoms with Gasteiger partial charge in [0.1, 0.15) is 0 Å². The largest absolute Gasteiger partial charge is 0.481 e. The van der Waals surface area contributed by atoms with E-state index in [0.29, 0.717) is 29.5 Å². The highest BCUT2D eigenvalue weighted by Crippen LogP contribution is 2.50. The van der Waals surface area contributed by atoms with Crippen molar-refractivity contribution < 1.29 is 19.4 Å². The first-order valence-electron chi connectivity index (χ1n) is 11.2. The van der Waals surface area contributed by atoms with Crippen LogP contribution in [0.3, 0.4) is 0 Å². The second kappa shape index (κ2) is 11.1. The van der Waals surface area contributed by atoms with Crippen LogP contribution in [-0.2, 0) is 10.2 Å². The molecule has 5 rings (SSSR count). The molecule has 1 unspecified atom stereocenters. The number of thioether (sulfide) groups is 1. The average molecular weight is 534 g/mol. The molecular formula is C25H28ClN3O4S2. The average Bonchev–Trinajstić information content (AvgIpc) is 3.33. The predicted molar refractivity (Wildman–Crippen MR) is 142 cm³/mol. The van der Waals surface area contributed by atoms with Crippen LogP contribution in [0.15, 0.2) is 48.7 Å². The smallest absolute Gasteiger partial charge is 0.314 e. The van der Waals surface area contributed by atoms with Gasteiger partial charge in [-0.1, -0.05) is 35.9 Å². The van der Waals surface area contributed by atoms with Crippen molar-refractivity contribution in [3.63, 3.8) is 0 Å². The van der Waals surface area contributed by atoms with Gasteiger partial charge >= 0.3 is 5.97 Å². The van der Waals surface area contributed by atoms with Crippen LogP contribution in [0, 0.1) is 0 Å². The van der Waals surface area contributed by atoms with Crippen LogP contribution < -0.4 is 15.2 Å². The minimum absolute atomic E-state index is 0.193. The molecule has 3 aromatic rings. The molecule has 0 bridgehead atoms. The fourth-order valence-electron chi connectivity index (χ4n) is 3.73. The summed E-state index contributed by atoms with van der Waals surface area (Å²) in [6.07, 6.45) is 3.28. The number of nitrogens with two attached hydrogens (primary N) is 1. The van der Waals surface area contributed by atoms with E-state index in [0.717, 1.165) is 33.3 Å². The number of aliphatic carboxylic acids is 1. The molecule has 1 atom stereocenters. The number of rotatable bonds is 8. The molecular weight excluding hydrogens is 506 g/mol. The Morgan fingerprint density at radius 1 is 1.26 bits per heavy atom. The topological polar surface area (TPSA) is 97.9 Å². The predicted octanol–water partition coefficient (Wildman–Crippen LogP) is 5.29. The summed E-state index contributed by atoms with van der Waals surface area (Å²) in [5, 5.41) is 10.7. The first-order chi connectivity index (χ1) is 16.8. The van der Waals surface area contributed by atoms with Gasteiger partial charge in [0.05, 0.1) is 10.7 Å². The van der Waals surface area contributed by atoms with Crippen LogP contribution in [0.2, 0.25) is 5.02 Å². The number of hydrogen-bond donors (Lipinski definition) is 2. The molecule has 2 heterocycles. The Morgan fingerprint density at radius 2 is 2.00 bits per heavy atom. The first kappa shape index (κ1) is 25.6. The van der Waals surface area contributed by atoms with E-state index >= 15 is 0 Å². The van der Waals surface area contributed by atoms with Crippen molar-refractivity contribution in [3.05, 3.63) is 69.7 Å². The molecule has 0 saturated heterocycles. The van der Waals surface area contributed by atoms with E-state index in [2.05, 4.69) is 30.0 Å². The standard InChI is InChI=1S/C14H18ClN3S2.C11H10O4/c1-18(2)7-8-19-13(12-9-17-14(16)20-12)10-5-3-4-6-11(10)15;12-10(13)11(3-4-11)7-1-2-8-9(5-7)15-6-14-8/h3-6,9,13H,7-8H2,1-2H3,(H2,16,17);1-2,5H,3-4,6H2,(H,12,13). The number of carboxylic acids is 1. The zero-order valence-corrected chi connectivity index (χ0v) is 22.0. The molecule has 1 fully saturated rings. The molecule has 2 aliphatic rings. The molecule has 0 amide bonds. The Balaban J connectivity index is 0.000000171. The Bertz CT molecular complexity index is 1180. The highest BCUT2D eigenvalue weighted by molar-refractivity contribution is 7.99. The van der Waals surface area contributed by atoms with Crippen LogP contribution in [-0.4, -0.2) is 54.1 Å². The van der Waals surface area contributed by atoms with E-state index in [1.54, 1.807) is 12.1 Å². The van der Waals surface area contributed by atoms with Gasteiger partial charge < -0.3 is 25.2 Å². The van der Waals surface area contributed by atoms with E-state index < -0.39 is 11.4 Å². The summed E-state index contributed by atoms with van der Waals surface area (Å²) in [6.45, 7) is 1.25. The van der Waals surface area contributed by atoms with Crippen molar-refractivity contribution in [3.8, 4) is 11.5 Å². The maximum Gasteiger partial charge on any atom is 0.314 e. The molecule has 1 aliphatic heterocycles. The summed E-state index contributed by atoms with van der Waals surface area (Å²) in [5.74, 6) is 1.63. The Morgan fingerprint density at radius 3 is 2.63 bits per heavy atom. The molecule has 3 N–H and O–H groups in total. The van der Waals surface area contributed by atoms with Gasteiger partial charge in [-0.25, -0.2) is 4.98 Å². The number of carboxylic acid groups (broad SMARTS) is 1. The second-order valence-electron chi connectivity index (χ2n) is 8.63. The number of nitrogens with zero attached hydrogens (tertiary/aromatic N) is 2. The summed E-state index contributed by atoms with van der Waals surface area (Å²) < 4.78 is 10.4. The third-order valence-corrected chi connectivity index (χ3v) is 8.54. The summed E-state index contributed by atoms with van der Waals surface area (Å²) in [4.78, 5) is 18.6.